The fourth-order valence-electron chi connectivity index (χ4n) is 2.28. The minimum atomic E-state index is -1.80. The molecule has 3 rings (SSSR count). The van der Waals surface area contributed by atoms with E-state index < -0.39 is 30.8 Å². The maximum Gasteiger partial charge on any atom is 0.231 e. The van der Waals surface area contributed by atoms with Crippen molar-refractivity contribution in [1.29, 1.82) is 0 Å². The first-order valence-corrected chi connectivity index (χ1v) is 5.86. The molecule has 0 saturated carbocycles. The van der Waals surface area contributed by atoms with Gasteiger partial charge in [0.1, 0.15) is 36.5 Å². The zero-order valence-corrected chi connectivity index (χ0v) is 10.3. The Bertz CT molecular complexity index is 648. The first kappa shape index (κ1) is 13.1. The molecule has 1 fully saturated rings. The van der Waals surface area contributed by atoms with Gasteiger partial charge in [-0.1, -0.05) is 0 Å². The van der Waals surface area contributed by atoms with Crippen molar-refractivity contribution in [2.75, 3.05) is 12.3 Å². The number of rotatable bonds is 2. The number of aliphatic hydroxyl groups excluding tert-OH is 3. The number of hydrogen-bond acceptors (Lipinski definition) is 9. The van der Waals surface area contributed by atoms with Gasteiger partial charge in [0, 0.05) is 0 Å². The lowest BCUT2D eigenvalue weighted by Crippen LogP contribution is -2.52. The first-order chi connectivity index (χ1) is 9.49. The molecular weight excluding hydrogens is 268 g/mol. The fraction of sp³-hybridized carbons (Fsp3) is 0.500. The van der Waals surface area contributed by atoms with Crippen molar-refractivity contribution in [3.8, 4) is 0 Å². The largest absolute Gasteiger partial charge is 0.394 e. The van der Waals surface area contributed by atoms with Gasteiger partial charge in [0.15, 0.2) is 11.5 Å². The van der Waals surface area contributed by atoms with Gasteiger partial charge in [0.05, 0.1) is 6.61 Å². The van der Waals surface area contributed by atoms with Crippen LogP contribution in [0.1, 0.15) is 0 Å². The Hall–Kier alpha value is -1.85. The van der Waals surface area contributed by atoms with Gasteiger partial charge in [-0.15, -0.1) is 0 Å². The van der Waals surface area contributed by atoms with Gasteiger partial charge in [-0.2, -0.15) is 0 Å². The zero-order chi connectivity index (χ0) is 14.5. The maximum atomic E-state index is 10.1. The van der Waals surface area contributed by atoms with E-state index in [0.717, 1.165) is 0 Å². The van der Waals surface area contributed by atoms with E-state index in [-0.39, 0.29) is 11.5 Å². The highest BCUT2D eigenvalue weighted by atomic mass is 16.6. The summed E-state index contributed by atoms with van der Waals surface area (Å²) in [6, 6.07) is 0. The van der Waals surface area contributed by atoms with Crippen LogP contribution in [0, 0.1) is 0 Å². The van der Waals surface area contributed by atoms with E-state index >= 15 is 0 Å². The summed E-state index contributed by atoms with van der Waals surface area (Å²) in [5, 5.41) is 29.0. The molecule has 7 N–H and O–H groups in total. The molecule has 1 aliphatic rings. The third kappa shape index (κ3) is 1.60. The highest BCUT2D eigenvalue weighted by Crippen LogP contribution is 2.33. The van der Waals surface area contributed by atoms with E-state index in [1.165, 1.54) is 17.2 Å². The molecule has 0 amide bonds. The molecule has 1 aliphatic heterocycles. The van der Waals surface area contributed by atoms with Crippen molar-refractivity contribution >= 4 is 17.0 Å². The highest BCUT2D eigenvalue weighted by Gasteiger charge is 2.53. The lowest BCUT2D eigenvalue weighted by atomic mass is 10.1. The third-order valence-corrected chi connectivity index (χ3v) is 3.39. The molecular formula is C10H14N6O4. The lowest BCUT2D eigenvalue weighted by Gasteiger charge is -2.28. The number of nitrogen functional groups attached to an aromatic ring is 1. The summed E-state index contributed by atoms with van der Waals surface area (Å²) >= 11 is 0. The number of ether oxygens (including phenoxy) is 1. The van der Waals surface area contributed by atoms with Crippen LogP contribution in [-0.2, 0) is 10.6 Å². The summed E-state index contributed by atoms with van der Waals surface area (Å²) in [4.78, 5) is 11.8. The summed E-state index contributed by atoms with van der Waals surface area (Å²) in [5.74, 6) is -1.65. The lowest BCUT2D eigenvalue weighted by molar-refractivity contribution is -0.141. The molecule has 3 heterocycles. The Morgan fingerprint density at radius 3 is 2.75 bits per heavy atom. The van der Waals surface area contributed by atoms with Crippen LogP contribution in [-0.4, -0.2) is 59.8 Å². The van der Waals surface area contributed by atoms with E-state index in [0.29, 0.717) is 5.52 Å². The van der Waals surface area contributed by atoms with Crippen LogP contribution in [0.15, 0.2) is 12.7 Å². The molecule has 0 unspecified atom stereocenters. The second-order valence-corrected chi connectivity index (χ2v) is 4.57. The average Bonchev–Trinajstić information content (AvgIpc) is 2.96. The number of anilines is 1. The fourth-order valence-corrected chi connectivity index (χ4v) is 2.28. The van der Waals surface area contributed by atoms with Gasteiger partial charge >= 0.3 is 0 Å². The number of nitrogens with two attached hydrogens (primary N) is 2. The predicted octanol–water partition coefficient (Wildman–Crippen LogP) is -2.91. The predicted molar refractivity (Wildman–Crippen MR) is 65.9 cm³/mol. The van der Waals surface area contributed by atoms with E-state index in [1.807, 2.05) is 0 Å². The molecule has 20 heavy (non-hydrogen) atoms. The molecule has 2 aromatic rings. The second-order valence-electron chi connectivity index (χ2n) is 4.57. The topological polar surface area (TPSA) is 166 Å². The average molecular weight is 282 g/mol. The molecule has 10 heteroatoms. The van der Waals surface area contributed by atoms with Crippen molar-refractivity contribution < 1.29 is 20.1 Å². The minimum absolute atomic E-state index is 0.157. The Balaban J connectivity index is 2.13. The van der Waals surface area contributed by atoms with Crippen LogP contribution in [0.5, 0.6) is 0 Å². The summed E-state index contributed by atoms with van der Waals surface area (Å²) in [6.07, 6.45) is -1.30. The molecule has 0 aromatic carbocycles. The van der Waals surface area contributed by atoms with E-state index in [1.54, 1.807) is 0 Å². The molecule has 1 saturated heterocycles. The summed E-state index contributed by atoms with van der Waals surface area (Å²) in [7, 11) is 0. The number of aromatic nitrogens is 4. The number of imidazole rings is 1. The number of aliphatic hydroxyl groups is 3. The molecule has 10 nitrogen and oxygen atoms in total. The van der Waals surface area contributed by atoms with Gasteiger partial charge in [-0.05, 0) is 0 Å². The van der Waals surface area contributed by atoms with Crippen molar-refractivity contribution in [2.45, 2.75) is 24.2 Å². The van der Waals surface area contributed by atoms with Crippen LogP contribution < -0.4 is 11.5 Å². The van der Waals surface area contributed by atoms with Gasteiger partial charge in [-0.3, -0.25) is 10.3 Å². The van der Waals surface area contributed by atoms with Crippen LogP contribution in [0.2, 0.25) is 0 Å². The molecule has 0 radical (unpaired) electrons. The Morgan fingerprint density at radius 2 is 2.10 bits per heavy atom. The molecule has 2 aromatic heterocycles. The van der Waals surface area contributed by atoms with Crippen molar-refractivity contribution in [1.82, 2.24) is 19.5 Å². The number of fused-ring (bicyclic) bond motifs is 1. The molecule has 0 aliphatic carbocycles. The van der Waals surface area contributed by atoms with Crippen LogP contribution in [0.3, 0.4) is 0 Å². The minimum Gasteiger partial charge on any atom is -0.394 e. The van der Waals surface area contributed by atoms with Gasteiger partial charge < -0.3 is 25.8 Å². The molecule has 108 valence electrons. The van der Waals surface area contributed by atoms with Crippen LogP contribution >= 0.6 is 0 Å². The monoisotopic (exact) mass is 282 g/mol. The first-order valence-electron chi connectivity index (χ1n) is 5.86. The third-order valence-electron chi connectivity index (χ3n) is 3.39. The van der Waals surface area contributed by atoms with Gasteiger partial charge in [0.25, 0.3) is 0 Å². The quantitative estimate of drug-likeness (QED) is 0.388. The normalized spacial score (nSPS) is 33.9. The maximum absolute atomic E-state index is 10.1. The van der Waals surface area contributed by atoms with Crippen molar-refractivity contribution in [3.63, 3.8) is 0 Å². The summed E-state index contributed by atoms with van der Waals surface area (Å²) in [5.41, 5.74) is 12.2. The summed E-state index contributed by atoms with van der Waals surface area (Å²) in [6.45, 7) is -0.485. The van der Waals surface area contributed by atoms with Crippen molar-refractivity contribution in [2.24, 2.45) is 5.73 Å². The van der Waals surface area contributed by atoms with E-state index in [4.69, 9.17) is 21.3 Å². The Morgan fingerprint density at radius 1 is 1.35 bits per heavy atom. The van der Waals surface area contributed by atoms with Gasteiger partial charge in [-0.25, -0.2) is 15.0 Å². The van der Waals surface area contributed by atoms with Crippen molar-refractivity contribution in [3.05, 3.63) is 12.7 Å². The molecule has 0 bridgehead atoms. The Kier molecular flexibility index (Phi) is 2.84. The smallest absolute Gasteiger partial charge is 0.231 e. The Labute approximate surface area is 112 Å². The second kappa shape index (κ2) is 4.33. The van der Waals surface area contributed by atoms with Crippen LogP contribution in [0.25, 0.3) is 11.2 Å². The van der Waals surface area contributed by atoms with Gasteiger partial charge in [0.2, 0.25) is 5.85 Å². The molecule has 4 atom stereocenters. The molecule has 0 spiro atoms. The van der Waals surface area contributed by atoms with E-state index in [9.17, 15) is 10.2 Å². The standard InChI is InChI=1S/C10H14N6O4/c11-8-5-9(14-2-13-8)16(3-15-5)10(12)7(19)6(18)4(1-17)20-10/h2-4,6-7,17-19H,1,12H2,(H2,11,13,14)/t4-,6-,7-,10+/m1/s1. The summed E-state index contributed by atoms with van der Waals surface area (Å²) < 4.78 is 6.62. The number of nitrogens with zero attached hydrogens (tertiary/aromatic N) is 4. The van der Waals surface area contributed by atoms with Crippen LogP contribution in [0.4, 0.5) is 5.82 Å². The highest BCUT2D eigenvalue weighted by molar-refractivity contribution is 5.81. The SMILES string of the molecule is Nc1ncnc2c1ncn2[C@]1(N)O[C@H](CO)[C@@H](O)[C@H]1O. The van der Waals surface area contributed by atoms with E-state index in [2.05, 4.69) is 15.0 Å². The zero-order valence-electron chi connectivity index (χ0n) is 10.3. The number of hydrogen-bond donors (Lipinski definition) is 5.